The number of nitrogens with one attached hydrogen (secondary N) is 1. The maximum absolute atomic E-state index is 13.1. The quantitative estimate of drug-likeness (QED) is 0.201. The van der Waals surface area contributed by atoms with Gasteiger partial charge in [0.25, 0.3) is 0 Å². The standard InChI is InChI=1S/C31H59N3O8/c1-17(15-32-6)14-31(5,38)21(13-24-26(36)22(33(7)8)11-18(2)40-24)12-23(35)19(3)30(37)39-16-25-27-20(4)28(42-27)29(41-25)34(9)10/h17-29,32,35-36,38H,11-16H2,1-10H3. The van der Waals surface area contributed by atoms with Crippen LogP contribution in [0.25, 0.3) is 0 Å². The Morgan fingerprint density at radius 1 is 1.07 bits per heavy atom. The summed E-state index contributed by atoms with van der Waals surface area (Å²) in [4.78, 5) is 17.1. The molecule has 4 N–H and O–H groups in total. The van der Waals surface area contributed by atoms with Gasteiger partial charge in [0.05, 0.1) is 42.0 Å². The molecule has 14 atom stereocenters. The summed E-state index contributed by atoms with van der Waals surface area (Å²) < 4.78 is 24.0. The van der Waals surface area contributed by atoms with Gasteiger partial charge in [-0.15, -0.1) is 0 Å². The first kappa shape index (κ1) is 35.6. The largest absolute Gasteiger partial charge is 0.463 e. The zero-order valence-electron chi connectivity index (χ0n) is 27.5. The number of ether oxygens (including phenoxy) is 4. The van der Waals surface area contributed by atoms with Crippen LogP contribution in [0.2, 0.25) is 0 Å². The summed E-state index contributed by atoms with van der Waals surface area (Å²) in [6, 6.07) is -0.0712. The second-order valence-electron chi connectivity index (χ2n) is 14.1. The third kappa shape index (κ3) is 8.43. The fourth-order valence-corrected chi connectivity index (χ4v) is 7.16. The topological polar surface area (TPSA) is 133 Å². The van der Waals surface area contributed by atoms with Crippen LogP contribution in [0.1, 0.15) is 60.3 Å². The molecule has 0 aromatic rings. The molecule has 0 aliphatic carbocycles. The van der Waals surface area contributed by atoms with Crippen molar-refractivity contribution in [1.29, 1.82) is 0 Å². The molecule has 4 aliphatic heterocycles. The van der Waals surface area contributed by atoms with Crippen molar-refractivity contribution in [1.82, 2.24) is 15.1 Å². The summed E-state index contributed by atoms with van der Waals surface area (Å²) in [7, 11) is 9.64. The Morgan fingerprint density at radius 3 is 2.31 bits per heavy atom. The molecule has 4 rings (SSSR count). The summed E-state index contributed by atoms with van der Waals surface area (Å²) in [5.41, 5.74) is -1.16. The van der Waals surface area contributed by atoms with Crippen molar-refractivity contribution in [2.75, 3.05) is 48.4 Å². The SMILES string of the molecule is CNCC(C)CC(C)(O)C(CC(O)C(C)C(=O)OCC1OC(N(C)C)C2OC1C2C)CC1OC(C)CC(N(C)C)C1O. The van der Waals surface area contributed by atoms with E-state index in [1.54, 1.807) is 13.8 Å². The van der Waals surface area contributed by atoms with Crippen LogP contribution in [0, 0.1) is 23.7 Å². The first-order valence-electron chi connectivity index (χ1n) is 15.8. The highest BCUT2D eigenvalue weighted by Crippen LogP contribution is 2.41. The maximum Gasteiger partial charge on any atom is 0.311 e. The molecule has 42 heavy (non-hydrogen) atoms. The number of likely N-dealkylation sites (N-methyl/N-ethyl adjacent to an activating group) is 2. The van der Waals surface area contributed by atoms with Crippen LogP contribution >= 0.6 is 0 Å². The van der Waals surface area contributed by atoms with Crippen molar-refractivity contribution in [2.45, 2.75) is 121 Å². The maximum atomic E-state index is 13.1. The lowest BCUT2D eigenvalue weighted by molar-refractivity contribution is -0.353. The Labute approximate surface area is 253 Å². The Bertz CT molecular complexity index is 860. The molecule has 4 saturated heterocycles. The highest BCUT2D eigenvalue weighted by atomic mass is 16.6. The van der Waals surface area contributed by atoms with Crippen molar-refractivity contribution in [3.05, 3.63) is 0 Å². The monoisotopic (exact) mass is 601 g/mol. The molecular formula is C31H59N3O8. The Kier molecular flexibility index (Phi) is 12.6. The first-order valence-corrected chi connectivity index (χ1v) is 15.8. The summed E-state index contributed by atoms with van der Waals surface area (Å²) in [6.45, 7) is 10.4. The lowest BCUT2D eigenvalue weighted by Gasteiger charge is -2.56. The van der Waals surface area contributed by atoms with Gasteiger partial charge in [0.1, 0.15) is 25.0 Å². The lowest BCUT2D eigenvalue weighted by atomic mass is 9.73. The van der Waals surface area contributed by atoms with E-state index in [0.29, 0.717) is 25.2 Å². The van der Waals surface area contributed by atoms with Crippen LogP contribution in [-0.2, 0) is 23.7 Å². The van der Waals surface area contributed by atoms with Crippen LogP contribution in [-0.4, -0.2) is 140 Å². The van der Waals surface area contributed by atoms with E-state index in [4.69, 9.17) is 18.9 Å². The van der Waals surface area contributed by atoms with Crippen LogP contribution in [0.3, 0.4) is 0 Å². The number of carbonyl (C=O) groups is 1. The summed E-state index contributed by atoms with van der Waals surface area (Å²) in [5.74, 6) is -1.28. The van der Waals surface area contributed by atoms with E-state index < -0.39 is 41.7 Å². The van der Waals surface area contributed by atoms with Gasteiger partial charge in [-0.1, -0.05) is 13.8 Å². The minimum absolute atomic E-state index is 0.0147. The fourth-order valence-electron chi connectivity index (χ4n) is 7.16. The number of carbonyl (C=O) groups excluding carboxylic acids is 1. The molecule has 246 valence electrons. The van der Waals surface area contributed by atoms with Gasteiger partial charge in [0, 0.05) is 12.0 Å². The number of hydrogen-bond acceptors (Lipinski definition) is 11. The second-order valence-corrected chi connectivity index (χ2v) is 14.1. The number of nitrogens with zero attached hydrogens (tertiary/aromatic N) is 2. The predicted octanol–water partition coefficient (Wildman–Crippen LogP) is 1.08. The third-order valence-electron chi connectivity index (χ3n) is 9.82. The molecule has 0 aromatic carbocycles. The van der Waals surface area contributed by atoms with Gasteiger partial charge in [0.15, 0.2) is 0 Å². The van der Waals surface area contributed by atoms with Crippen molar-refractivity contribution in [3.8, 4) is 0 Å². The lowest BCUT2D eigenvalue weighted by Crippen LogP contribution is -2.69. The van der Waals surface area contributed by atoms with Crippen molar-refractivity contribution >= 4 is 5.97 Å². The highest BCUT2D eigenvalue weighted by molar-refractivity contribution is 5.72. The van der Waals surface area contributed by atoms with Crippen LogP contribution < -0.4 is 5.32 Å². The van der Waals surface area contributed by atoms with Gasteiger partial charge in [-0.2, -0.15) is 0 Å². The van der Waals surface area contributed by atoms with Gasteiger partial charge in [-0.3, -0.25) is 9.69 Å². The molecule has 11 nitrogen and oxygen atoms in total. The molecule has 4 aliphatic rings. The van der Waals surface area contributed by atoms with Crippen LogP contribution in [0.4, 0.5) is 0 Å². The van der Waals surface area contributed by atoms with E-state index >= 15 is 0 Å². The molecule has 4 fully saturated rings. The fraction of sp³-hybridized carbons (Fsp3) is 0.968. The van der Waals surface area contributed by atoms with Gasteiger partial charge in [-0.05, 0) is 100 Å². The number of rotatable bonds is 15. The second kappa shape index (κ2) is 14.9. The molecule has 0 aromatic heterocycles. The Hall–Kier alpha value is -0.890. The average molecular weight is 602 g/mol. The number of fused-ring (bicyclic) bond motifs is 2. The summed E-state index contributed by atoms with van der Waals surface area (Å²) in [6.07, 6.45) is -1.30. The van der Waals surface area contributed by atoms with E-state index in [2.05, 4.69) is 19.2 Å². The normalized spacial score (nSPS) is 37.5. The number of hydrogen-bond donors (Lipinski definition) is 4. The van der Waals surface area contributed by atoms with E-state index in [0.717, 1.165) is 6.54 Å². The predicted molar refractivity (Wildman–Crippen MR) is 160 cm³/mol. The highest BCUT2D eigenvalue weighted by Gasteiger charge is 2.55. The van der Waals surface area contributed by atoms with Gasteiger partial charge >= 0.3 is 5.97 Å². The van der Waals surface area contributed by atoms with Gasteiger partial charge in [0.2, 0.25) is 0 Å². The van der Waals surface area contributed by atoms with E-state index in [9.17, 15) is 20.1 Å². The molecule has 0 saturated carbocycles. The van der Waals surface area contributed by atoms with E-state index in [1.165, 1.54) is 0 Å². The molecule has 4 heterocycles. The van der Waals surface area contributed by atoms with Crippen LogP contribution in [0.15, 0.2) is 0 Å². The third-order valence-corrected chi connectivity index (χ3v) is 9.82. The zero-order valence-corrected chi connectivity index (χ0v) is 27.5. The van der Waals surface area contributed by atoms with Crippen LogP contribution in [0.5, 0.6) is 0 Å². The van der Waals surface area contributed by atoms with E-state index in [1.807, 2.05) is 52.0 Å². The minimum atomic E-state index is -1.16. The van der Waals surface area contributed by atoms with E-state index in [-0.39, 0.29) is 55.6 Å². The van der Waals surface area contributed by atoms with Crippen molar-refractivity contribution < 1.29 is 39.1 Å². The number of aliphatic hydroxyl groups excluding tert-OH is 2. The van der Waals surface area contributed by atoms with Gasteiger partial charge in [-0.25, -0.2) is 0 Å². The zero-order chi connectivity index (χ0) is 31.5. The molecule has 2 bridgehead atoms. The summed E-state index contributed by atoms with van der Waals surface area (Å²) >= 11 is 0. The molecule has 14 unspecified atom stereocenters. The minimum Gasteiger partial charge on any atom is -0.463 e. The van der Waals surface area contributed by atoms with Crippen molar-refractivity contribution in [3.63, 3.8) is 0 Å². The van der Waals surface area contributed by atoms with Gasteiger partial charge < -0.3 is 44.5 Å². The number of aliphatic hydroxyl groups is 3. The smallest absolute Gasteiger partial charge is 0.311 e. The summed E-state index contributed by atoms with van der Waals surface area (Å²) in [5, 5.41) is 37.4. The van der Waals surface area contributed by atoms with Crippen molar-refractivity contribution in [2.24, 2.45) is 23.7 Å². The Morgan fingerprint density at radius 2 is 1.74 bits per heavy atom. The number of esters is 1. The molecule has 0 radical (unpaired) electrons. The molecular weight excluding hydrogens is 542 g/mol. The Balaban J connectivity index is 1.67. The molecule has 0 spiro atoms. The molecule has 0 amide bonds. The first-order chi connectivity index (χ1) is 19.6. The molecule has 11 heteroatoms. The average Bonchev–Trinajstić information content (AvgIpc) is 2.91.